The summed E-state index contributed by atoms with van der Waals surface area (Å²) in [5, 5.41) is 11.7. The molecule has 0 bridgehead atoms. The molecule has 0 fully saturated rings. The third-order valence-electron chi connectivity index (χ3n) is 3.84. The Morgan fingerprint density at radius 2 is 2.07 bits per heavy atom. The first-order chi connectivity index (χ1) is 13.9. The van der Waals surface area contributed by atoms with Gasteiger partial charge < -0.3 is 20.3 Å². The zero-order valence-electron chi connectivity index (χ0n) is 15.6. The van der Waals surface area contributed by atoms with Crippen LogP contribution >= 0.6 is 11.6 Å². The molecule has 0 aliphatic rings. The van der Waals surface area contributed by atoms with Crippen LogP contribution < -0.4 is 15.8 Å². The van der Waals surface area contributed by atoms with E-state index >= 15 is 0 Å². The lowest BCUT2D eigenvalue weighted by molar-refractivity contribution is 0.304. The van der Waals surface area contributed by atoms with Crippen molar-refractivity contribution in [3.8, 4) is 17.1 Å². The van der Waals surface area contributed by atoms with Crippen LogP contribution in [-0.2, 0) is 11.2 Å². The van der Waals surface area contributed by atoms with Gasteiger partial charge in [0.1, 0.15) is 23.1 Å². The van der Waals surface area contributed by atoms with Gasteiger partial charge in [0.25, 0.3) is 5.88 Å². The van der Waals surface area contributed by atoms with Crippen molar-refractivity contribution in [3.63, 3.8) is 0 Å². The van der Waals surface area contributed by atoms with E-state index in [0.29, 0.717) is 41.0 Å². The van der Waals surface area contributed by atoms with Crippen molar-refractivity contribution in [2.75, 3.05) is 29.7 Å². The standard InChI is InChI=1S/C19H19ClFN5O2S/c1-29(27)8-2-7-28-19-17(24-13-5-6-23-18(22)10-13)11-16(25-26-19)14-9-12(20)3-4-15(14)21/h3-6,9-11H,2,7-8H2,1H3,(H3,22,23,24,25). The summed E-state index contributed by atoms with van der Waals surface area (Å²) in [4.78, 5) is 3.95. The smallest absolute Gasteiger partial charge is 0.257 e. The highest BCUT2D eigenvalue weighted by Crippen LogP contribution is 2.31. The summed E-state index contributed by atoms with van der Waals surface area (Å²) in [6.07, 6.45) is 3.78. The number of benzene rings is 1. The van der Waals surface area contributed by atoms with E-state index < -0.39 is 17.0 Å². The molecule has 0 saturated heterocycles. The van der Waals surface area contributed by atoms with Gasteiger partial charge in [0.15, 0.2) is 0 Å². The summed E-state index contributed by atoms with van der Waals surface area (Å²) >= 11 is 5.09. The van der Waals surface area contributed by atoms with Crippen molar-refractivity contribution in [1.29, 1.82) is 0 Å². The molecule has 0 saturated carbocycles. The van der Waals surface area contributed by atoms with Crippen LogP contribution in [0, 0.1) is 5.82 Å². The van der Waals surface area contributed by atoms with Crippen LogP contribution in [0.15, 0.2) is 42.6 Å². The van der Waals surface area contributed by atoms with Crippen LogP contribution in [0.25, 0.3) is 11.3 Å². The van der Waals surface area contributed by atoms with Crippen LogP contribution in [0.3, 0.4) is 0 Å². The monoisotopic (exact) mass is 435 g/mol. The van der Waals surface area contributed by atoms with Crippen molar-refractivity contribution >= 4 is 40.0 Å². The van der Waals surface area contributed by atoms with Gasteiger partial charge in [-0.25, -0.2) is 9.37 Å². The topological polar surface area (TPSA) is 109 Å². The fourth-order valence-corrected chi connectivity index (χ4v) is 3.21. The number of nitrogen functional groups attached to an aromatic ring is 1. The molecule has 3 rings (SSSR count). The Hall–Kier alpha value is -2.62. The number of aromatic nitrogens is 3. The van der Waals surface area contributed by atoms with Crippen LogP contribution in [0.5, 0.6) is 5.88 Å². The predicted octanol–water partition coefficient (Wildman–Crippen LogP) is 3.80. The fourth-order valence-electron chi connectivity index (χ4n) is 2.51. The number of nitrogens with zero attached hydrogens (tertiary/aromatic N) is 3. The van der Waals surface area contributed by atoms with Gasteiger partial charge in [-0.3, -0.25) is 0 Å². The molecule has 0 radical (unpaired) electrons. The summed E-state index contributed by atoms with van der Waals surface area (Å²) in [5.74, 6) is 0.615. The van der Waals surface area contributed by atoms with Crippen molar-refractivity contribution < 1.29 is 13.7 Å². The van der Waals surface area contributed by atoms with E-state index in [1.807, 2.05) is 0 Å². The van der Waals surface area contributed by atoms with Crippen molar-refractivity contribution in [2.24, 2.45) is 0 Å². The Bertz CT molecular complexity index is 993. The molecule has 1 atom stereocenters. The summed E-state index contributed by atoms with van der Waals surface area (Å²) < 4.78 is 31.2. The molecule has 29 heavy (non-hydrogen) atoms. The van der Waals surface area contributed by atoms with Crippen molar-refractivity contribution in [2.45, 2.75) is 6.42 Å². The first kappa shape index (κ1) is 21.1. The number of nitrogens with one attached hydrogen (secondary N) is 1. The minimum atomic E-state index is -0.903. The van der Waals surface area contributed by atoms with Crippen molar-refractivity contribution in [1.82, 2.24) is 15.2 Å². The highest BCUT2D eigenvalue weighted by Gasteiger charge is 2.14. The van der Waals surface area contributed by atoms with Gasteiger partial charge in [0, 0.05) is 35.0 Å². The number of hydrogen-bond acceptors (Lipinski definition) is 7. The summed E-state index contributed by atoms with van der Waals surface area (Å²) in [6, 6.07) is 9.19. The number of anilines is 3. The predicted molar refractivity (Wildman–Crippen MR) is 113 cm³/mol. The summed E-state index contributed by atoms with van der Waals surface area (Å²) in [7, 11) is 0. The average molecular weight is 436 g/mol. The third-order valence-corrected chi connectivity index (χ3v) is 4.94. The van der Waals surface area contributed by atoms with Crippen LogP contribution in [0.1, 0.15) is 6.42 Å². The number of nitrogens with two attached hydrogens (primary N) is 1. The Labute approximate surface area is 175 Å². The molecule has 152 valence electrons. The largest absolute Gasteiger partial charge is 0.617 e. The molecular weight excluding hydrogens is 417 g/mol. The van der Waals surface area contributed by atoms with Crippen LogP contribution in [0.2, 0.25) is 5.02 Å². The van der Waals surface area contributed by atoms with Gasteiger partial charge in [-0.1, -0.05) is 22.8 Å². The van der Waals surface area contributed by atoms with Gasteiger partial charge in [-0.2, -0.15) is 0 Å². The van der Waals surface area contributed by atoms with E-state index in [0.717, 1.165) is 0 Å². The SMILES string of the molecule is C[S+]([O-])CCCOc1nnc(-c2cc(Cl)ccc2F)cc1Nc1ccnc(N)c1. The molecule has 0 aliphatic heterocycles. The second kappa shape index (κ2) is 9.73. The lowest BCUT2D eigenvalue weighted by Crippen LogP contribution is -2.10. The first-order valence-corrected chi connectivity index (χ1v) is 10.8. The van der Waals surface area contributed by atoms with Gasteiger partial charge in [-0.05, 0) is 30.3 Å². The molecule has 3 aromatic rings. The van der Waals surface area contributed by atoms with Gasteiger partial charge in [-0.15, -0.1) is 10.2 Å². The fraction of sp³-hybridized carbons (Fsp3) is 0.211. The molecular formula is C19H19ClFN5O2S. The highest BCUT2D eigenvalue weighted by atomic mass is 35.5. The first-order valence-electron chi connectivity index (χ1n) is 8.67. The Kier molecular flexibility index (Phi) is 7.08. The van der Waals surface area contributed by atoms with E-state index in [2.05, 4.69) is 20.5 Å². The summed E-state index contributed by atoms with van der Waals surface area (Å²) in [5.41, 5.74) is 7.36. The quantitative estimate of drug-likeness (QED) is 0.409. The molecule has 7 nitrogen and oxygen atoms in total. The van der Waals surface area contributed by atoms with Gasteiger partial charge >= 0.3 is 0 Å². The Morgan fingerprint density at radius 3 is 2.83 bits per heavy atom. The Morgan fingerprint density at radius 1 is 1.24 bits per heavy atom. The second-order valence-corrected chi connectivity index (χ2v) is 8.14. The second-order valence-electron chi connectivity index (χ2n) is 6.15. The minimum absolute atomic E-state index is 0.218. The maximum atomic E-state index is 14.3. The van der Waals surface area contributed by atoms with E-state index in [1.54, 1.807) is 30.7 Å². The lowest BCUT2D eigenvalue weighted by Gasteiger charge is -2.14. The van der Waals surface area contributed by atoms with E-state index in [9.17, 15) is 8.94 Å². The van der Waals surface area contributed by atoms with Crippen LogP contribution in [-0.4, -0.2) is 38.3 Å². The normalized spacial score (nSPS) is 11.9. The van der Waals surface area contributed by atoms with Gasteiger partial charge in [0.05, 0.1) is 18.6 Å². The van der Waals surface area contributed by atoms with E-state index in [1.165, 1.54) is 18.2 Å². The molecule has 0 amide bonds. The molecule has 1 unspecified atom stereocenters. The third kappa shape index (κ3) is 5.93. The van der Waals surface area contributed by atoms with Gasteiger partial charge in [0.2, 0.25) is 0 Å². The molecule has 1 aromatic carbocycles. The molecule has 3 N–H and O–H groups in total. The zero-order chi connectivity index (χ0) is 20.8. The van der Waals surface area contributed by atoms with E-state index in [4.69, 9.17) is 22.1 Å². The van der Waals surface area contributed by atoms with Crippen molar-refractivity contribution in [3.05, 3.63) is 53.4 Å². The molecule has 2 aromatic heterocycles. The van der Waals surface area contributed by atoms with Crippen LogP contribution in [0.4, 0.5) is 21.6 Å². The number of rotatable bonds is 8. The molecule has 10 heteroatoms. The summed E-state index contributed by atoms with van der Waals surface area (Å²) in [6.45, 7) is 0.312. The number of halogens is 2. The lowest BCUT2D eigenvalue weighted by atomic mass is 10.1. The maximum absolute atomic E-state index is 14.3. The molecule has 0 spiro atoms. The average Bonchev–Trinajstić information content (AvgIpc) is 2.68. The number of hydrogen-bond donors (Lipinski definition) is 2. The number of pyridine rings is 1. The Balaban J connectivity index is 1.91. The maximum Gasteiger partial charge on any atom is 0.257 e. The highest BCUT2D eigenvalue weighted by molar-refractivity contribution is 7.90. The minimum Gasteiger partial charge on any atom is -0.617 e. The molecule has 2 heterocycles. The number of ether oxygens (including phenoxy) is 1. The molecule has 0 aliphatic carbocycles. The zero-order valence-corrected chi connectivity index (χ0v) is 17.1. The van der Waals surface area contributed by atoms with E-state index in [-0.39, 0.29) is 17.1 Å².